The van der Waals surface area contributed by atoms with Crippen molar-refractivity contribution in [2.24, 2.45) is 0 Å². The van der Waals surface area contributed by atoms with E-state index in [-0.39, 0.29) is 6.04 Å². The van der Waals surface area contributed by atoms with Crippen LogP contribution in [0.15, 0.2) is 352 Å². The van der Waals surface area contributed by atoms with E-state index in [0.29, 0.717) is 0 Å². The lowest BCUT2D eigenvalue weighted by Crippen LogP contribution is -2.31. The van der Waals surface area contributed by atoms with E-state index in [1.165, 1.54) is 83.6 Å². The first-order chi connectivity index (χ1) is 43.6. The minimum atomic E-state index is -0.622. The smallest absolute Gasteiger partial charge is 0.0726 e. The van der Waals surface area contributed by atoms with E-state index < -0.39 is 5.41 Å². The number of rotatable bonds is 13. The lowest BCUT2D eigenvalue weighted by molar-refractivity contribution is 0.775. The maximum atomic E-state index is 2.55. The summed E-state index contributed by atoms with van der Waals surface area (Å²) in [6.45, 7) is 0. The van der Waals surface area contributed by atoms with Crippen molar-refractivity contribution in [2.75, 3.05) is 14.7 Å². The molecular weight excluding hydrogens is 1060 g/mol. The molecule has 2 atom stereocenters. The molecule has 0 N–H and O–H groups in total. The van der Waals surface area contributed by atoms with E-state index >= 15 is 0 Å². The second-order valence-electron chi connectivity index (χ2n) is 23.1. The Morgan fingerprint density at radius 2 is 0.625 bits per heavy atom. The molecule has 416 valence electrons. The molecule has 0 heterocycles. The molecule has 16 rings (SSSR count). The summed E-state index contributed by atoms with van der Waals surface area (Å²) in [5.41, 5.74) is 27.8. The standard InChI is InChI=1S/C85H61N3/c1-7-23-60(24-8-1)63-39-46-71(47-40-63)86(68-29-13-4-14-30-68)74-52-54-80-78-36-20-22-38-82(78)85(84(80)59-74)81-37-21-19-35-77(81)79-53-45-66(57-83(79)85)67-55-75(87(69-31-15-5-16-32-69)72-48-41-64(42-49-72)61-25-9-2-10-26-61)58-76(56-67)88(70-33-17-6-18-34-70)73-50-43-65(44-51-73)62-27-11-3-12-28-62/h1-46,48-59,71H,47H2. The number of allylic oxidation sites excluding steroid dienone is 2. The number of nitrogens with zero attached hydrogens (tertiary/aromatic N) is 3. The summed E-state index contributed by atoms with van der Waals surface area (Å²) < 4.78 is 0. The third kappa shape index (κ3) is 9.15. The fraction of sp³-hybridized carbons (Fsp3) is 0.0353. The first kappa shape index (κ1) is 52.3. The van der Waals surface area contributed by atoms with E-state index in [2.05, 4.69) is 367 Å². The Labute approximate surface area is 516 Å². The van der Waals surface area contributed by atoms with Gasteiger partial charge in [-0.25, -0.2) is 0 Å². The minimum absolute atomic E-state index is 0.0957. The monoisotopic (exact) mass is 1120 g/mol. The first-order valence-corrected chi connectivity index (χ1v) is 30.6. The van der Waals surface area contributed by atoms with Crippen molar-refractivity contribution >= 4 is 51.1 Å². The van der Waals surface area contributed by atoms with Crippen LogP contribution in [0.5, 0.6) is 0 Å². The van der Waals surface area contributed by atoms with Crippen molar-refractivity contribution in [3.63, 3.8) is 0 Å². The van der Waals surface area contributed by atoms with E-state index in [1.54, 1.807) is 0 Å². The van der Waals surface area contributed by atoms with Crippen LogP contribution in [0.25, 0.3) is 61.2 Å². The third-order valence-corrected chi connectivity index (χ3v) is 18.1. The van der Waals surface area contributed by atoms with Gasteiger partial charge in [0.2, 0.25) is 0 Å². The Morgan fingerprint density at radius 1 is 0.250 bits per heavy atom. The summed E-state index contributed by atoms with van der Waals surface area (Å²) in [6.07, 6.45) is 8.00. The van der Waals surface area contributed by atoms with Crippen LogP contribution >= 0.6 is 0 Å². The van der Waals surface area contributed by atoms with Crippen molar-refractivity contribution in [3.05, 3.63) is 380 Å². The molecule has 3 aliphatic carbocycles. The van der Waals surface area contributed by atoms with Gasteiger partial charge in [0, 0.05) is 45.5 Å². The van der Waals surface area contributed by atoms with E-state index in [0.717, 1.165) is 57.4 Å². The highest BCUT2D eigenvalue weighted by molar-refractivity contribution is 5.98. The number of hydrogen-bond acceptors (Lipinski definition) is 3. The van der Waals surface area contributed by atoms with Gasteiger partial charge in [-0.3, -0.25) is 0 Å². The Bertz CT molecular complexity index is 4580. The first-order valence-electron chi connectivity index (χ1n) is 30.6. The number of benzene rings is 13. The number of anilines is 8. The third-order valence-electron chi connectivity index (χ3n) is 18.1. The molecule has 88 heavy (non-hydrogen) atoms. The van der Waals surface area contributed by atoms with E-state index in [9.17, 15) is 0 Å². The van der Waals surface area contributed by atoms with Crippen LogP contribution in [0.4, 0.5) is 45.5 Å². The lowest BCUT2D eigenvalue weighted by atomic mass is 9.70. The lowest BCUT2D eigenvalue weighted by Gasteiger charge is -2.35. The van der Waals surface area contributed by atoms with Gasteiger partial charge in [-0.2, -0.15) is 0 Å². The molecule has 3 aliphatic rings. The molecule has 13 aromatic carbocycles. The molecular formula is C85H61N3. The van der Waals surface area contributed by atoms with Crippen molar-refractivity contribution in [1.82, 2.24) is 0 Å². The Morgan fingerprint density at radius 3 is 1.11 bits per heavy atom. The molecule has 2 unspecified atom stereocenters. The highest BCUT2D eigenvalue weighted by atomic mass is 15.2. The average molecular weight is 1120 g/mol. The van der Waals surface area contributed by atoms with Crippen LogP contribution < -0.4 is 14.7 Å². The molecule has 3 heteroatoms. The fourth-order valence-electron chi connectivity index (χ4n) is 14.2. The van der Waals surface area contributed by atoms with Crippen molar-refractivity contribution in [1.29, 1.82) is 0 Å². The minimum Gasteiger partial charge on any atom is -0.334 e. The fourth-order valence-corrected chi connectivity index (χ4v) is 14.2. The summed E-state index contributed by atoms with van der Waals surface area (Å²) >= 11 is 0. The van der Waals surface area contributed by atoms with Crippen LogP contribution in [0, 0.1) is 0 Å². The largest absolute Gasteiger partial charge is 0.334 e. The van der Waals surface area contributed by atoms with Crippen LogP contribution in [0.2, 0.25) is 0 Å². The molecule has 0 saturated heterocycles. The van der Waals surface area contributed by atoms with Gasteiger partial charge in [-0.15, -0.1) is 0 Å². The number of fused-ring (bicyclic) bond motifs is 10. The van der Waals surface area contributed by atoms with Gasteiger partial charge < -0.3 is 14.7 Å². The number of hydrogen-bond donors (Lipinski definition) is 0. The molecule has 0 fully saturated rings. The topological polar surface area (TPSA) is 9.72 Å². The van der Waals surface area contributed by atoms with Gasteiger partial charge >= 0.3 is 0 Å². The van der Waals surface area contributed by atoms with E-state index in [1.807, 2.05) is 0 Å². The van der Waals surface area contributed by atoms with Crippen LogP contribution in [0.1, 0.15) is 34.2 Å². The quantitative estimate of drug-likeness (QED) is 0.114. The highest BCUT2D eigenvalue weighted by Crippen LogP contribution is 2.64. The second-order valence-corrected chi connectivity index (χ2v) is 23.1. The molecule has 0 bridgehead atoms. The SMILES string of the molecule is C1=CC(N(c2ccccc2)c2ccc3c(c2)C2(c4ccccc4-c4ccc(-c5cc(N(c6ccccc6)c6ccc(-c7ccccc7)cc6)cc(N(c6ccccc6)c6ccc(-c7ccccc7)cc6)c5)cc42)c2ccccc2-3)CC=C1c1ccccc1. The van der Waals surface area contributed by atoms with Gasteiger partial charge in [0.25, 0.3) is 0 Å². The molecule has 0 aliphatic heterocycles. The van der Waals surface area contributed by atoms with Gasteiger partial charge in [0.05, 0.1) is 11.5 Å². The Balaban J connectivity index is 0.899. The predicted molar refractivity (Wildman–Crippen MR) is 369 cm³/mol. The number of para-hydroxylation sites is 3. The molecule has 13 aromatic rings. The average Bonchev–Trinajstić information content (AvgIpc) is 1.55. The van der Waals surface area contributed by atoms with Gasteiger partial charge in [0.15, 0.2) is 0 Å². The van der Waals surface area contributed by atoms with Gasteiger partial charge in [0.1, 0.15) is 0 Å². The van der Waals surface area contributed by atoms with Crippen molar-refractivity contribution < 1.29 is 0 Å². The maximum Gasteiger partial charge on any atom is 0.0726 e. The summed E-state index contributed by atoms with van der Waals surface area (Å²) in [4.78, 5) is 7.38. The van der Waals surface area contributed by atoms with Crippen LogP contribution in [-0.4, -0.2) is 6.04 Å². The zero-order chi connectivity index (χ0) is 58.4. The molecule has 3 nitrogen and oxygen atoms in total. The summed E-state index contributed by atoms with van der Waals surface area (Å²) in [7, 11) is 0. The van der Waals surface area contributed by atoms with E-state index in [4.69, 9.17) is 0 Å². The Kier molecular flexibility index (Phi) is 13.3. The van der Waals surface area contributed by atoms with Gasteiger partial charge in [-0.05, 0) is 193 Å². The van der Waals surface area contributed by atoms with Crippen molar-refractivity contribution in [3.8, 4) is 55.6 Å². The zero-order valence-corrected chi connectivity index (χ0v) is 48.6. The second kappa shape index (κ2) is 22.3. The Hall–Kier alpha value is -11.3. The highest BCUT2D eigenvalue weighted by Gasteiger charge is 2.52. The summed E-state index contributed by atoms with van der Waals surface area (Å²) in [5, 5.41) is 0. The van der Waals surface area contributed by atoms with Crippen LogP contribution in [0.3, 0.4) is 0 Å². The van der Waals surface area contributed by atoms with Gasteiger partial charge in [-0.1, -0.05) is 255 Å². The molecule has 0 radical (unpaired) electrons. The normalized spacial score (nSPS) is 15.0. The summed E-state index contributed by atoms with van der Waals surface area (Å²) in [6, 6.07) is 123. The predicted octanol–water partition coefficient (Wildman–Crippen LogP) is 22.5. The molecule has 1 spiro atoms. The zero-order valence-electron chi connectivity index (χ0n) is 48.6. The summed E-state index contributed by atoms with van der Waals surface area (Å²) in [5.74, 6) is 0. The molecule has 0 saturated carbocycles. The molecule has 0 amide bonds. The van der Waals surface area contributed by atoms with Crippen molar-refractivity contribution in [2.45, 2.75) is 17.9 Å². The van der Waals surface area contributed by atoms with Crippen LogP contribution in [-0.2, 0) is 5.41 Å². The maximum absolute atomic E-state index is 2.55. The molecule has 0 aromatic heterocycles.